The third-order valence-corrected chi connectivity index (χ3v) is 4.30. The fourth-order valence-electron chi connectivity index (χ4n) is 2.41. The summed E-state index contributed by atoms with van der Waals surface area (Å²) in [6.45, 7) is 3.98. The number of nitrogens with one attached hydrogen (secondary N) is 1. The van der Waals surface area contributed by atoms with Gasteiger partial charge in [0, 0.05) is 15.6 Å². The molecule has 2 heterocycles. The Kier molecular flexibility index (Phi) is 4.85. The van der Waals surface area contributed by atoms with Crippen LogP contribution in [-0.2, 0) is 17.8 Å². The smallest absolute Gasteiger partial charge is 0.225 e. The molecule has 3 aromatic rings. The molecule has 1 amide bonds. The minimum atomic E-state index is -0.0917. The summed E-state index contributed by atoms with van der Waals surface area (Å²) in [5.41, 5.74) is 2.58. The van der Waals surface area contributed by atoms with E-state index < -0.39 is 0 Å². The van der Waals surface area contributed by atoms with Crippen molar-refractivity contribution >= 4 is 21.8 Å². The number of nitrogens with zero attached hydrogens (tertiary/aromatic N) is 1. The number of hydrogen-bond acceptors (Lipinski definition) is 4. The highest BCUT2D eigenvalue weighted by atomic mass is 79.9. The molecule has 0 aliphatic rings. The van der Waals surface area contributed by atoms with Gasteiger partial charge in [0.25, 0.3) is 0 Å². The molecule has 6 heteroatoms. The number of halogens is 1. The Hall–Kier alpha value is -2.34. The van der Waals surface area contributed by atoms with Crippen molar-refractivity contribution in [1.29, 1.82) is 0 Å². The molecule has 0 aliphatic carbocycles. The number of aryl methyl sites for hydroxylation is 2. The van der Waals surface area contributed by atoms with Gasteiger partial charge in [-0.25, -0.2) is 0 Å². The average molecular weight is 389 g/mol. The predicted octanol–water partition coefficient (Wildman–Crippen LogP) is 4.17. The molecule has 0 unspecified atom stereocenters. The Morgan fingerprint density at radius 3 is 2.58 bits per heavy atom. The highest BCUT2D eigenvalue weighted by Crippen LogP contribution is 2.24. The largest absolute Gasteiger partial charge is 0.459 e. The van der Waals surface area contributed by atoms with Gasteiger partial charge >= 0.3 is 0 Å². The van der Waals surface area contributed by atoms with Gasteiger partial charge in [0.1, 0.15) is 17.3 Å². The van der Waals surface area contributed by atoms with E-state index in [0.717, 1.165) is 27.1 Å². The van der Waals surface area contributed by atoms with Crippen molar-refractivity contribution in [3.05, 3.63) is 63.6 Å². The molecule has 0 saturated heterocycles. The molecule has 0 aliphatic heterocycles. The van der Waals surface area contributed by atoms with Gasteiger partial charge < -0.3 is 14.3 Å². The second kappa shape index (κ2) is 7.05. The number of rotatable bonds is 5. The summed E-state index contributed by atoms with van der Waals surface area (Å²) in [5, 5.41) is 6.71. The standard InChI is InChI=1S/C18H17BrN2O3/c1-11-16(12(2)24-21-11)9-18(22)20-10-15-7-8-17(23-15)13-3-5-14(19)6-4-13/h3-8H,9-10H2,1-2H3,(H,20,22). The second-order valence-electron chi connectivity index (χ2n) is 5.53. The molecule has 2 aromatic heterocycles. The van der Waals surface area contributed by atoms with Crippen LogP contribution >= 0.6 is 15.9 Å². The van der Waals surface area contributed by atoms with Crippen molar-refractivity contribution in [3.8, 4) is 11.3 Å². The summed E-state index contributed by atoms with van der Waals surface area (Å²) in [6.07, 6.45) is 0.251. The summed E-state index contributed by atoms with van der Waals surface area (Å²) in [4.78, 5) is 12.1. The van der Waals surface area contributed by atoms with Crippen LogP contribution in [0.2, 0.25) is 0 Å². The summed E-state index contributed by atoms with van der Waals surface area (Å²) in [7, 11) is 0. The average Bonchev–Trinajstić information content (AvgIpc) is 3.16. The molecule has 0 atom stereocenters. The Morgan fingerprint density at radius 1 is 1.17 bits per heavy atom. The van der Waals surface area contributed by atoms with E-state index in [4.69, 9.17) is 8.94 Å². The summed E-state index contributed by atoms with van der Waals surface area (Å²) in [6, 6.07) is 11.6. The Balaban J connectivity index is 1.59. The molecule has 0 spiro atoms. The minimum absolute atomic E-state index is 0.0917. The topological polar surface area (TPSA) is 68.3 Å². The number of aromatic nitrogens is 1. The zero-order chi connectivity index (χ0) is 17.1. The van der Waals surface area contributed by atoms with Crippen LogP contribution in [-0.4, -0.2) is 11.1 Å². The third kappa shape index (κ3) is 3.76. The van der Waals surface area contributed by atoms with Crippen molar-refractivity contribution in [2.24, 2.45) is 0 Å². The van der Waals surface area contributed by atoms with E-state index in [1.54, 1.807) is 6.92 Å². The first-order chi connectivity index (χ1) is 11.5. The lowest BCUT2D eigenvalue weighted by Gasteiger charge is -2.03. The maximum atomic E-state index is 12.1. The van der Waals surface area contributed by atoms with Crippen LogP contribution in [0.5, 0.6) is 0 Å². The van der Waals surface area contributed by atoms with Gasteiger partial charge in [0.05, 0.1) is 18.7 Å². The zero-order valence-electron chi connectivity index (χ0n) is 13.4. The molecular formula is C18H17BrN2O3. The Labute approximate surface area is 148 Å². The summed E-state index contributed by atoms with van der Waals surface area (Å²) < 4.78 is 11.9. The molecule has 3 rings (SSSR count). The van der Waals surface area contributed by atoms with Crippen LogP contribution < -0.4 is 5.32 Å². The van der Waals surface area contributed by atoms with Crippen LogP contribution in [0.25, 0.3) is 11.3 Å². The second-order valence-corrected chi connectivity index (χ2v) is 6.44. The van der Waals surface area contributed by atoms with Gasteiger partial charge in [-0.15, -0.1) is 0 Å². The van der Waals surface area contributed by atoms with E-state index >= 15 is 0 Å². The van der Waals surface area contributed by atoms with Gasteiger partial charge in [-0.1, -0.05) is 33.2 Å². The molecule has 1 N–H and O–H groups in total. The van der Waals surface area contributed by atoms with Crippen LogP contribution in [0.4, 0.5) is 0 Å². The number of amides is 1. The molecule has 0 radical (unpaired) electrons. The Morgan fingerprint density at radius 2 is 1.92 bits per heavy atom. The molecule has 0 bridgehead atoms. The molecule has 24 heavy (non-hydrogen) atoms. The monoisotopic (exact) mass is 388 g/mol. The van der Waals surface area contributed by atoms with E-state index in [0.29, 0.717) is 18.1 Å². The zero-order valence-corrected chi connectivity index (χ0v) is 15.0. The number of hydrogen-bond donors (Lipinski definition) is 1. The van der Waals surface area contributed by atoms with Crippen LogP contribution in [0.15, 0.2) is 49.8 Å². The van der Waals surface area contributed by atoms with Gasteiger partial charge in [0.2, 0.25) is 5.91 Å². The maximum Gasteiger partial charge on any atom is 0.225 e. The first kappa shape index (κ1) is 16.5. The lowest BCUT2D eigenvalue weighted by atomic mass is 10.1. The quantitative estimate of drug-likeness (QED) is 0.711. The van der Waals surface area contributed by atoms with Crippen LogP contribution in [0.3, 0.4) is 0 Å². The van der Waals surface area contributed by atoms with E-state index in [-0.39, 0.29) is 12.3 Å². The SMILES string of the molecule is Cc1noc(C)c1CC(=O)NCc1ccc(-c2ccc(Br)cc2)o1. The number of carbonyl (C=O) groups is 1. The van der Waals surface area contributed by atoms with E-state index in [1.807, 2.05) is 43.3 Å². The minimum Gasteiger partial charge on any atom is -0.459 e. The normalized spacial score (nSPS) is 10.8. The fraction of sp³-hybridized carbons (Fsp3) is 0.222. The molecule has 5 nitrogen and oxygen atoms in total. The number of furan rings is 1. The number of carbonyl (C=O) groups excluding carboxylic acids is 1. The van der Waals surface area contributed by atoms with Crippen molar-refractivity contribution in [2.75, 3.05) is 0 Å². The first-order valence-electron chi connectivity index (χ1n) is 7.56. The van der Waals surface area contributed by atoms with E-state index in [1.165, 1.54) is 0 Å². The van der Waals surface area contributed by atoms with Crippen LogP contribution in [0.1, 0.15) is 22.8 Å². The summed E-state index contributed by atoms with van der Waals surface area (Å²) in [5.74, 6) is 2.07. The lowest BCUT2D eigenvalue weighted by molar-refractivity contribution is -0.120. The fourth-order valence-corrected chi connectivity index (χ4v) is 2.67. The highest BCUT2D eigenvalue weighted by Gasteiger charge is 2.13. The van der Waals surface area contributed by atoms with Crippen molar-refractivity contribution in [1.82, 2.24) is 10.5 Å². The van der Waals surface area contributed by atoms with Crippen molar-refractivity contribution < 1.29 is 13.7 Å². The van der Waals surface area contributed by atoms with Gasteiger partial charge in [-0.05, 0) is 38.1 Å². The van der Waals surface area contributed by atoms with Crippen molar-refractivity contribution in [2.45, 2.75) is 26.8 Å². The summed E-state index contributed by atoms with van der Waals surface area (Å²) >= 11 is 3.41. The highest BCUT2D eigenvalue weighted by molar-refractivity contribution is 9.10. The lowest BCUT2D eigenvalue weighted by Crippen LogP contribution is -2.24. The molecule has 1 aromatic carbocycles. The molecular weight excluding hydrogens is 372 g/mol. The Bertz CT molecular complexity index is 830. The third-order valence-electron chi connectivity index (χ3n) is 3.77. The molecule has 0 saturated carbocycles. The van der Waals surface area contributed by atoms with Gasteiger partial charge in [0.15, 0.2) is 0 Å². The van der Waals surface area contributed by atoms with Crippen molar-refractivity contribution in [3.63, 3.8) is 0 Å². The predicted molar refractivity (Wildman–Crippen MR) is 93.4 cm³/mol. The van der Waals surface area contributed by atoms with Crippen LogP contribution in [0, 0.1) is 13.8 Å². The molecule has 124 valence electrons. The van der Waals surface area contributed by atoms with Gasteiger partial charge in [-0.2, -0.15) is 0 Å². The maximum absolute atomic E-state index is 12.1. The first-order valence-corrected chi connectivity index (χ1v) is 8.35. The van der Waals surface area contributed by atoms with E-state index in [9.17, 15) is 4.79 Å². The molecule has 0 fully saturated rings. The number of benzene rings is 1. The van der Waals surface area contributed by atoms with Gasteiger partial charge in [-0.3, -0.25) is 4.79 Å². The van der Waals surface area contributed by atoms with E-state index in [2.05, 4.69) is 26.4 Å².